The second-order valence-corrected chi connectivity index (χ2v) is 7.59. The van der Waals surface area contributed by atoms with E-state index >= 15 is 0 Å². The molecule has 0 atom stereocenters. The van der Waals surface area contributed by atoms with E-state index in [2.05, 4.69) is 13.8 Å². The summed E-state index contributed by atoms with van der Waals surface area (Å²) in [5.41, 5.74) is 0. The molecule has 12 nitrogen and oxygen atoms in total. The van der Waals surface area contributed by atoms with Crippen molar-refractivity contribution in [2.75, 3.05) is 0 Å². The van der Waals surface area contributed by atoms with Crippen molar-refractivity contribution in [3.63, 3.8) is 0 Å². The van der Waals surface area contributed by atoms with Gasteiger partial charge in [0.25, 0.3) is 0 Å². The van der Waals surface area contributed by atoms with Gasteiger partial charge in [0.1, 0.15) is 0 Å². The Bertz CT molecular complexity index is 507. The molecule has 0 aromatic carbocycles. The zero-order valence-electron chi connectivity index (χ0n) is 18.1. The van der Waals surface area contributed by atoms with E-state index in [4.69, 9.17) is 52.6 Å². The van der Waals surface area contributed by atoms with Crippen LogP contribution in [-0.2, 0) is 31.2 Å². The molecule has 0 aliphatic heterocycles. The van der Waals surface area contributed by atoms with Crippen LogP contribution < -0.4 is 78.0 Å². The summed E-state index contributed by atoms with van der Waals surface area (Å²) in [4.78, 5) is 0. The van der Waals surface area contributed by atoms with Crippen molar-refractivity contribution in [2.24, 2.45) is 0 Å². The number of hydrogen-bond acceptors (Lipinski definition) is 8. The molecule has 0 unspecified atom stereocenters. The molecule has 4 N–H and O–H groups in total. The SMILES string of the molecule is O=S(=O)(O)O.O=S(=O)(O)O.O=S(=O)([O-])[O-].[CH2-]CCCCCCCCCCC.[Li+].[Na+].[Na+]. The molecule has 0 fully saturated rings. The molecule has 0 bridgehead atoms. The van der Waals surface area contributed by atoms with Gasteiger partial charge in [-0.15, -0.1) is 0 Å². The summed E-state index contributed by atoms with van der Waals surface area (Å²) in [6, 6.07) is 0. The molecule has 0 spiro atoms. The Balaban J connectivity index is -0.0000000502. The molecule has 0 aromatic heterocycles. The van der Waals surface area contributed by atoms with Gasteiger partial charge in [-0.2, -0.15) is 23.3 Å². The van der Waals surface area contributed by atoms with E-state index in [0.29, 0.717) is 0 Å². The molecule has 0 aliphatic carbocycles. The van der Waals surface area contributed by atoms with Crippen LogP contribution in [0.4, 0.5) is 0 Å². The van der Waals surface area contributed by atoms with Gasteiger partial charge < -0.3 is 16.0 Å². The minimum Gasteiger partial charge on any atom is -0.759 e. The van der Waals surface area contributed by atoms with Gasteiger partial charge in [0.15, 0.2) is 0 Å². The Labute approximate surface area is 237 Å². The van der Waals surface area contributed by atoms with Gasteiger partial charge in [0.2, 0.25) is 0 Å². The van der Waals surface area contributed by atoms with E-state index in [1.165, 1.54) is 57.8 Å². The van der Waals surface area contributed by atoms with Crippen LogP contribution in [0.2, 0.25) is 0 Å². The van der Waals surface area contributed by atoms with Crippen molar-refractivity contribution < 1.29 is 131 Å². The van der Waals surface area contributed by atoms with E-state index in [9.17, 15) is 0 Å². The Morgan fingerprint density at radius 2 is 0.800 bits per heavy atom. The van der Waals surface area contributed by atoms with E-state index < -0.39 is 31.2 Å². The molecule has 0 radical (unpaired) electrons. The zero-order valence-corrected chi connectivity index (χ0v) is 24.5. The van der Waals surface area contributed by atoms with Gasteiger partial charge in [0.05, 0.1) is 0 Å². The van der Waals surface area contributed by atoms with Crippen LogP contribution in [0.25, 0.3) is 0 Å². The first-order valence-electron chi connectivity index (χ1n) is 7.77. The molecule has 0 heterocycles. The van der Waals surface area contributed by atoms with Crippen LogP contribution in [0.1, 0.15) is 71.1 Å². The van der Waals surface area contributed by atoms with Gasteiger partial charge in [-0.1, -0.05) is 64.7 Å². The second kappa shape index (κ2) is 31.2. The van der Waals surface area contributed by atoms with Crippen molar-refractivity contribution in [1.82, 2.24) is 0 Å². The molecule has 0 rings (SSSR count). The smallest absolute Gasteiger partial charge is 0.759 e. The molecule has 30 heavy (non-hydrogen) atoms. The van der Waals surface area contributed by atoms with Gasteiger partial charge in [-0.05, 0) is 0 Å². The molecular weight excluding hydrogens is 485 g/mol. The summed E-state index contributed by atoms with van der Waals surface area (Å²) >= 11 is 0. The normalized spacial score (nSPS) is 10.0. The number of hydrogen-bond donors (Lipinski definition) is 4. The van der Waals surface area contributed by atoms with Crippen molar-refractivity contribution in [3.05, 3.63) is 6.92 Å². The van der Waals surface area contributed by atoms with Gasteiger partial charge in [-0.25, -0.2) is 0 Å². The van der Waals surface area contributed by atoms with Crippen molar-refractivity contribution >= 4 is 31.2 Å². The summed E-state index contributed by atoms with van der Waals surface area (Å²) in [5.74, 6) is 0. The molecule has 0 aromatic rings. The largest absolute Gasteiger partial charge is 1.00 e. The fourth-order valence-electron chi connectivity index (χ4n) is 1.49. The third-order valence-corrected chi connectivity index (χ3v) is 2.35. The third-order valence-electron chi connectivity index (χ3n) is 2.35. The number of unbranched alkanes of at least 4 members (excludes halogenated alkanes) is 9. The zero-order chi connectivity index (χ0) is 22.6. The van der Waals surface area contributed by atoms with Gasteiger partial charge >= 0.3 is 98.8 Å². The topological polar surface area (TPSA) is 229 Å². The van der Waals surface area contributed by atoms with Crippen LogP contribution >= 0.6 is 0 Å². The minimum atomic E-state index is -5.17. The first-order valence-corrected chi connectivity index (χ1v) is 11.9. The molecule has 170 valence electrons. The molecule has 0 aliphatic rings. The van der Waals surface area contributed by atoms with E-state index in [-0.39, 0.29) is 78.0 Å². The Hall–Kier alpha value is 2.21. The first kappa shape index (κ1) is 49.4. The maximum absolute atomic E-state index is 8.74. The Morgan fingerprint density at radius 3 is 0.967 bits per heavy atom. The predicted octanol–water partition coefficient (Wildman–Crippen LogP) is -6.89. The standard InChI is InChI=1S/C12H25.Li.2Na.3H2O4S/c1-3-5-7-9-11-12-10-8-6-4-2;;;;3*1-5(2,3)4/h1,3-12H2,2H3;;;;3*(H2,1,2,3,4)/q-1;3*+1;;;/p-2. The average Bonchev–Trinajstić information content (AvgIpc) is 2.36. The third kappa shape index (κ3) is 205. The average molecular weight is 514 g/mol. The van der Waals surface area contributed by atoms with E-state index in [1.54, 1.807) is 0 Å². The molecule has 18 heteroatoms. The Kier molecular flexibility index (Phi) is 51.4. The summed E-state index contributed by atoms with van der Waals surface area (Å²) in [7, 11) is -14.5. The minimum absolute atomic E-state index is 0. The van der Waals surface area contributed by atoms with Crippen LogP contribution in [0.3, 0.4) is 0 Å². The number of rotatable bonds is 9. The molecular formula is C12H29LiNa2O12S3. The predicted molar refractivity (Wildman–Crippen MR) is 96.0 cm³/mol. The van der Waals surface area contributed by atoms with Crippen LogP contribution in [0.15, 0.2) is 0 Å². The first-order chi connectivity index (χ1) is 11.9. The van der Waals surface area contributed by atoms with Crippen molar-refractivity contribution in [3.8, 4) is 0 Å². The summed E-state index contributed by atoms with van der Waals surface area (Å²) in [5, 5.41) is 0. The van der Waals surface area contributed by atoms with E-state index in [0.717, 1.165) is 6.42 Å². The fraction of sp³-hybridized carbons (Fsp3) is 0.917. The quantitative estimate of drug-likeness (QED) is 0.0739. The molecule has 0 amide bonds. The fourth-order valence-corrected chi connectivity index (χ4v) is 1.49. The van der Waals surface area contributed by atoms with Crippen molar-refractivity contribution in [2.45, 2.75) is 71.1 Å². The van der Waals surface area contributed by atoms with Gasteiger partial charge in [0, 0.05) is 10.4 Å². The summed E-state index contributed by atoms with van der Waals surface area (Å²) in [6.45, 7) is 6.12. The molecule has 0 saturated carbocycles. The summed E-state index contributed by atoms with van der Waals surface area (Å²) < 4.78 is 97.2. The van der Waals surface area contributed by atoms with E-state index in [1.807, 2.05) is 0 Å². The maximum Gasteiger partial charge on any atom is 1.00 e. The maximum atomic E-state index is 8.74. The van der Waals surface area contributed by atoms with Crippen LogP contribution in [0.5, 0.6) is 0 Å². The van der Waals surface area contributed by atoms with Crippen LogP contribution in [0, 0.1) is 6.92 Å². The van der Waals surface area contributed by atoms with Gasteiger partial charge in [-0.3, -0.25) is 26.6 Å². The van der Waals surface area contributed by atoms with Crippen LogP contribution in [-0.4, -0.2) is 52.6 Å². The van der Waals surface area contributed by atoms with Crippen molar-refractivity contribution in [1.29, 1.82) is 0 Å². The molecule has 0 saturated heterocycles. The second-order valence-electron chi connectivity index (χ2n) is 4.99. The Morgan fingerprint density at radius 1 is 0.633 bits per heavy atom. The monoisotopic (exact) mass is 514 g/mol. The summed E-state index contributed by atoms with van der Waals surface area (Å²) in [6.07, 6.45) is 13.9.